The van der Waals surface area contributed by atoms with Gasteiger partial charge in [0.2, 0.25) is 5.91 Å². The van der Waals surface area contributed by atoms with Crippen LogP contribution in [0.4, 0.5) is 4.39 Å². The van der Waals surface area contributed by atoms with Crippen molar-refractivity contribution >= 4 is 5.91 Å². The Hall–Kier alpha value is -1.46. The Morgan fingerprint density at radius 2 is 1.92 bits per heavy atom. The smallest absolute Gasteiger partial charge is 0.233 e. The van der Waals surface area contributed by atoms with Gasteiger partial charge in [0.25, 0.3) is 0 Å². The SMILES string of the molecule is O=C(N1CCN(CC2CCCO2)CC1)C1(c2cccc(F)c2)CCCC1. The van der Waals surface area contributed by atoms with Gasteiger partial charge in [-0.25, -0.2) is 4.39 Å². The lowest BCUT2D eigenvalue weighted by Crippen LogP contribution is -2.54. The topological polar surface area (TPSA) is 32.8 Å². The lowest BCUT2D eigenvalue weighted by atomic mass is 9.77. The van der Waals surface area contributed by atoms with Gasteiger partial charge in [-0.3, -0.25) is 9.69 Å². The minimum absolute atomic E-state index is 0.206. The minimum Gasteiger partial charge on any atom is -0.377 e. The zero-order chi connectivity index (χ0) is 18.0. The highest BCUT2D eigenvalue weighted by Gasteiger charge is 2.45. The first kappa shape index (κ1) is 17.9. The summed E-state index contributed by atoms with van der Waals surface area (Å²) in [6.45, 7) is 5.22. The summed E-state index contributed by atoms with van der Waals surface area (Å²) in [5.74, 6) is -0.0414. The number of hydrogen-bond donors (Lipinski definition) is 0. The standard InChI is InChI=1S/C21H29FN2O2/c22-18-6-3-5-17(15-18)21(8-1-2-9-21)20(25)24-12-10-23(11-13-24)16-19-7-4-14-26-19/h3,5-6,15,19H,1-2,4,7-14,16H2. The van der Waals surface area contributed by atoms with Crippen molar-refractivity contribution in [3.05, 3.63) is 35.6 Å². The minimum atomic E-state index is -0.515. The van der Waals surface area contributed by atoms with Gasteiger partial charge in [-0.1, -0.05) is 25.0 Å². The zero-order valence-electron chi connectivity index (χ0n) is 15.5. The van der Waals surface area contributed by atoms with Crippen molar-refractivity contribution < 1.29 is 13.9 Å². The maximum Gasteiger partial charge on any atom is 0.233 e. The molecule has 4 rings (SSSR count). The maximum atomic E-state index is 13.8. The molecule has 0 radical (unpaired) electrons. The van der Waals surface area contributed by atoms with Crippen LogP contribution in [0, 0.1) is 5.82 Å². The number of hydrogen-bond acceptors (Lipinski definition) is 3. The normalized spacial score (nSPS) is 26.3. The van der Waals surface area contributed by atoms with E-state index < -0.39 is 5.41 Å². The van der Waals surface area contributed by atoms with E-state index in [1.54, 1.807) is 12.1 Å². The van der Waals surface area contributed by atoms with Gasteiger partial charge in [0.05, 0.1) is 11.5 Å². The Balaban J connectivity index is 1.42. The summed E-state index contributed by atoms with van der Waals surface area (Å²) in [7, 11) is 0. The molecule has 3 aliphatic rings. The molecule has 1 aromatic carbocycles. The Bertz CT molecular complexity index is 631. The molecule has 1 aliphatic carbocycles. The molecule has 0 N–H and O–H groups in total. The second kappa shape index (κ2) is 7.65. The number of carbonyl (C=O) groups excluding carboxylic acids is 1. The number of ether oxygens (including phenoxy) is 1. The molecule has 2 heterocycles. The number of rotatable bonds is 4. The number of benzene rings is 1. The molecule has 0 bridgehead atoms. The second-order valence-corrected chi connectivity index (χ2v) is 8.03. The molecule has 1 aromatic rings. The average molecular weight is 360 g/mol. The monoisotopic (exact) mass is 360 g/mol. The number of nitrogens with zero attached hydrogens (tertiary/aromatic N) is 2. The molecule has 1 unspecified atom stereocenters. The van der Waals surface area contributed by atoms with Crippen LogP contribution in [-0.4, -0.2) is 61.1 Å². The van der Waals surface area contributed by atoms with Gasteiger partial charge in [0.15, 0.2) is 0 Å². The predicted octanol–water partition coefficient (Wildman–Crippen LogP) is 2.96. The first-order valence-corrected chi connectivity index (χ1v) is 10.1. The van der Waals surface area contributed by atoms with Gasteiger partial charge in [-0.2, -0.15) is 0 Å². The summed E-state index contributed by atoms with van der Waals surface area (Å²) in [4.78, 5) is 17.9. The Kier molecular flexibility index (Phi) is 5.28. The largest absolute Gasteiger partial charge is 0.377 e. The molecule has 26 heavy (non-hydrogen) atoms. The van der Waals surface area contributed by atoms with Gasteiger partial charge in [-0.15, -0.1) is 0 Å². The predicted molar refractivity (Wildman–Crippen MR) is 98.5 cm³/mol. The maximum absolute atomic E-state index is 13.8. The Morgan fingerprint density at radius 3 is 2.58 bits per heavy atom. The lowest BCUT2D eigenvalue weighted by Gasteiger charge is -2.40. The Morgan fingerprint density at radius 1 is 1.15 bits per heavy atom. The third-order valence-electron chi connectivity index (χ3n) is 6.39. The summed E-state index contributed by atoms with van der Waals surface area (Å²) in [6.07, 6.45) is 6.45. The summed E-state index contributed by atoms with van der Waals surface area (Å²) < 4.78 is 19.5. The summed E-state index contributed by atoms with van der Waals surface area (Å²) in [5, 5.41) is 0. The van der Waals surface area contributed by atoms with E-state index in [1.807, 2.05) is 11.0 Å². The number of amides is 1. The van der Waals surface area contributed by atoms with Gasteiger partial charge in [-0.05, 0) is 43.4 Å². The molecule has 2 aliphatic heterocycles. The fraction of sp³-hybridized carbons (Fsp3) is 0.667. The quantitative estimate of drug-likeness (QED) is 0.828. The first-order valence-electron chi connectivity index (χ1n) is 10.1. The molecule has 0 aromatic heterocycles. The second-order valence-electron chi connectivity index (χ2n) is 8.03. The Labute approximate surface area is 155 Å². The van der Waals surface area contributed by atoms with E-state index in [1.165, 1.54) is 12.5 Å². The van der Waals surface area contributed by atoms with Crippen LogP contribution >= 0.6 is 0 Å². The van der Waals surface area contributed by atoms with E-state index in [2.05, 4.69) is 4.90 Å². The van der Waals surface area contributed by atoms with E-state index in [-0.39, 0.29) is 11.7 Å². The average Bonchev–Trinajstić information content (AvgIpc) is 3.34. The van der Waals surface area contributed by atoms with E-state index in [4.69, 9.17) is 4.74 Å². The molecule has 5 heteroatoms. The molecule has 2 saturated heterocycles. The highest BCUT2D eigenvalue weighted by atomic mass is 19.1. The highest BCUT2D eigenvalue weighted by molar-refractivity contribution is 5.88. The number of halogens is 1. The van der Waals surface area contributed by atoms with Crippen LogP contribution in [0.25, 0.3) is 0 Å². The van der Waals surface area contributed by atoms with Gasteiger partial charge in [0, 0.05) is 39.3 Å². The third-order valence-corrected chi connectivity index (χ3v) is 6.39. The van der Waals surface area contributed by atoms with Crippen LogP contribution in [0.1, 0.15) is 44.1 Å². The molecular weight excluding hydrogens is 331 g/mol. The van der Waals surface area contributed by atoms with Crippen molar-refractivity contribution in [1.29, 1.82) is 0 Å². The van der Waals surface area contributed by atoms with E-state index in [9.17, 15) is 9.18 Å². The van der Waals surface area contributed by atoms with Crippen LogP contribution in [0.15, 0.2) is 24.3 Å². The zero-order valence-corrected chi connectivity index (χ0v) is 15.5. The summed E-state index contributed by atoms with van der Waals surface area (Å²) in [6, 6.07) is 6.69. The van der Waals surface area contributed by atoms with Crippen LogP contribution in [-0.2, 0) is 14.9 Å². The number of carbonyl (C=O) groups is 1. The molecule has 4 nitrogen and oxygen atoms in total. The van der Waals surface area contributed by atoms with Crippen molar-refractivity contribution in [2.75, 3.05) is 39.3 Å². The van der Waals surface area contributed by atoms with Crippen LogP contribution in [0.5, 0.6) is 0 Å². The van der Waals surface area contributed by atoms with Crippen molar-refractivity contribution in [3.8, 4) is 0 Å². The summed E-state index contributed by atoms with van der Waals surface area (Å²) >= 11 is 0. The van der Waals surface area contributed by atoms with Crippen LogP contribution in [0.2, 0.25) is 0 Å². The molecule has 1 saturated carbocycles. The molecular formula is C21H29FN2O2. The fourth-order valence-electron chi connectivity index (χ4n) is 4.90. The lowest BCUT2D eigenvalue weighted by molar-refractivity contribution is -0.139. The first-order chi connectivity index (χ1) is 12.7. The van der Waals surface area contributed by atoms with Gasteiger partial charge >= 0.3 is 0 Å². The van der Waals surface area contributed by atoms with Gasteiger partial charge < -0.3 is 9.64 Å². The molecule has 0 spiro atoms. The van der Waals surface area contributed by atoms with Crippen LogP contribution < -0.4 is 0 Å². The van der Waals surface area contributed by atoms with Crippen LogP contribution in [0.3, 0.4) is 0 Å². The van der Waals surface area contributed by atoms with E-state index >= 15 is 0 Å². The van der Waals surface area contributed by atoms with Crippen molar-refractivity contribution in [1.82, 2.24) is 9.80 Å². The fourth-order valence-corrected chi connectivity index (χ4v) is 4.90. The number of piperazine rings is 1. The molecule has 1 amide bonds. The van der Waals surface area contributed by atoms with Crippen molar-refractivity contribution in [3.63, 3.8) is 0 Å². The third kappa shape index (κ3) is 3.52. The molecule has 142 valence electrons. The van der Waals surface area contributed by atoms with E-state index in [0.29, 0.717) is 6.10 Å². The van der Waals surface area contributed by atoms with E-state index in [0.717, 1.165) is 77.0 Å². The summed E-state index contributed by atoms with van der Waals surface area (Å²) in [5.41, 5.74) is 0.348. The molecule has 1 atom stereocenters. The van der Waals surface area contributed by atoms with Gasteiger partial charge in [0.1, 0.15) is 5.82 Å². The molecule has 3 fully saturated rings. The highest BCUT2D eigenvalue weighted by Crippen LogP contribution is 2.43. The van der Waals surface area contributed by atoms with Crippen molar-refractivity contribution in [2.24, 2.45) is 0 Å². The van der Waals surface area contributed by atoms with Crippen molar-refractivity contribution in [2.45, 2.75) is 50.0 Å².